The van der Waals surface area contributed by atoms with Gasteiger partial charge in [-0.3, -0.25) is 9.36 Å². The quantitative estimate of drug-likeness (QED) is 0.177. The summed E-state index contributed by atoms with van der Waals surface area (Å²) in [6.45, 7) is 3.51. The minimum absolute atomic E-state index is 0.0681. The zero-order valence-electron chi connectivity index (χ0n) is 25.4. The number of alkyl halides is 3. The minimum Gasteiger partial charge on any atom is -0.481 e. The van der Waals surface area contributed by atoms with Gasteiger partial charge in [-0.1, -0.05) is 54.6 Å². The van der Waals surface area contributed by atoms with Crippen LogP contribution >= 0.6 is 0 Å². The Kier molecular flexibility index (Phi) is 9.78. The number of hydrogen-bond donors (Lipinski definition) is 4. The molecular formula is C33H33F3N6O5. The summed E-state index contributed by atoms with van der Waals surface area (Å²) in [5, 5.41) is 22.8. The number of aromatic amines is 1. The molecule has 1 aliphatic rings. The van der Waals surface area contributed by atoms with Gasteiger partial charge < -0.3 is 25.4 Å². The van der Waals surface area contributed by atoms with Crippen molar-refractivity contribution in [3.05, 3.63) is 94.5 Å². The maximum atomic E-state index is 13.0. The van der Waals surface area contributed by atoms with Crippen LogP contribution in [0.3, 0.4) is 0 Å². The Morgan fingerprint density at radius 1 is 1.00 bits per heavy atom. The topological polar surface area (TPSA) is 153 Å². The number of halogens is 3. The van der Waals surface area contributed by atoms with Crippen molar-refractivity contribution >= 4 is 45.5 Å². The third-order valence-electron chi connectivity index (χ3n) is 7.98. The summed E-state index contributed by atoms with van der Waals surface area (Å²) >= 11 is 0. The van der Waals surface area contributed by atoms with Crippen LogP contribution in [0.15, 0.2) is 77.7 Å². The number of aliphatic carboxylic acids is 2. The number of rotatable bonds is 8. The number of aromatic nitrogens is 4. The van der Waals surface area contributed by atoms with Gasteiger partial charge in [-0.05, 0) is 54.7 Å². The number of benzene rings is 3. The average molecular weight is 651 g/mol. The van der Waals surface area contributed by atoms with Crippen LogP contribution in [-0.4, -0.2) is 67.0 Å². The molecule has 47 heavy (non-hydrogen) atoms. The summed E-state index contributed by atoms with van der Waals surface area (Å²) in [4.78, 5) is 48.5. The van der Waals surface area contributed by atoms with Gasteiger partial charge in [0.05, 0.1) is 17.0 Å². The highest BCUT2D eigenvalue weighted by Crippen LogP contribution is 2.24. The van der Waals surface area contributed by atoms with E-state index in [-0.39, 0.29) is 12.6 Å². The highest BCUT2D eigenvalue weighted by Gasteiger charge is 2.38. The van der Waals surface area contributed by atoms with Gasteiger partial charge in [0, 0.05) is 37.4 Å². The number of fused-ring (bicyclic) bond motifs is 2. The number of hydrogen-bond acceptors (Lipinski definition) is 7. The van der Waals surface area contributed by atoms with E-state index in [4.69, 9.17) is 9.90 Å². The fraction of sp³-hybridized carbons (Fsp3) is 0.303. The number of carbonyl (C=O) groups is 2. The van der Waals surface area contributed by atoms with Crippen LogP contribution in [-0.2, 0) is 22.6 Å². The molecule has 6 rings (SSSR count). The number of aryl methyl sites for hydroxylation is 1. The maximum absolute atomic E-state index is 13.0. The monoisotopic (exact) mass is 650 g/mol. The fourth-order valence-corrected chi connectivity index (χ4v) is 5.61. The van der Waals surface area contributed by atoms with Crippen LogP contribution in [0.1, 0.15) is 24.0 Å². The number of nitrogens with zero attached hydrogens (tertiary/aromatic N) is 4. The first-order valence-electron chi connectivity index (χ1n) is 14.9. The number of para-hydroxylation sites is 2. The second-order valence-corrected chi connectivity index (χ2v) is 11.4. The molecule has 1 unspecified atom stereocenters. The van der Waals surface area contributed by atoms with Crippen molar-refractivity contribution in [2.24, 2.45) is 5.92 Å². The van der Waals surface area contributed by atoms with Gasteiger partial charge in [0.1, 0.15) is 5.82 Å². The molecule has 4 N–H and O–H groups in total. The van der Waals surface area contributed by atoms with E-state index in [1.165, 1.54) is 4.57 Å². The number of piperidine rings is 1. The van der Waals surface area contributed by atoms with Crippen LogP contribution in [0.4, 0.5) is 24.9 Å². The molecule has 246 valence electrons. The Morgan fingerprint density at radius 3 is 2.32 bits per heavy atom. The fourth-order valence-electron chi connectivity index (χ4n) is 5.61. The van der Waals surface area contributed by atoms with Gasteiger partial charge in [0.2, 0.25) is 5.95 Å². The number of nitrogens with one attached hydrogen (secondary N) is 2. The van der Waals surface area contributed by atoms with Gasteiger partial charge in [0.15, 0.2) is 0 Å². The molecule has 1 saturated heterocycles. The van der Waals surface area contributed by atoms with Crippen LogP contribution in [0, 0.1) is 12.8 Å². The molecule has 2 aromatic heterocycles. The van der Waals surface area contributed by atoms with Gasteiger partial charge >= 0.3 is 23.8 Å². The van der Waals surface area contributed by atoms with Crippen molar-refractivity contribution in [1.82, 2.24) is 19.5 Å². The van der Waals surface area contributed by atoms with Crippen LogP contribution in [0.25, 0.3) is 21.8 Å². The zero-order valence-corrected chi connectivity index (χ0v) is 25.4. The molecule has 11 nitrogen and oxygen atoms in total. The molecule has 0 radical (unpaired) electrons. The Labute approximate surface area is 266 Å². The van der Waals surface area contributed by atoms with Crippen molar-refractivity contribution in [3.63, 3.8) is 0 Å². The van der Waals surface area contributed by atoms with E-state index in [1.54, 1.807) is 6.20 Å². The molecule has 0 aliphatic carbocycles. The minimum atomic E-state index is -5.08. The lowest BCUT2D eigenvalue weighted by molar-refractivity contribution is -0.192. The first-order chi connectivity index (χ1) is 22.4. The van der Waals surface area contributed by atoms with Gasteiger partial charge in [-0.15, -0.1) is 0 Å². The van der Waals surface area contributed by atoms with Crippen molar-refractivity contribution < 1.29 is 33.0 Å². The lowest BCUT2D eigenvalue weighted by Crippen LogP contribution is -2.41. The van der Waals surface area contributed by atoms with E-state index < -0.39 is 29.7 Å². The highest BCUT2D eigenvalue weighted by molar-refractivity contribution is 5.83. The van der Waals surface area contributed by atoms with Gasteiger partial charge in [-0.2, -0.15) is 18.2 Å². The highest BCUT2D eigenvalue weighted by atomic mass is 19.4. The second-order valence-electron chi connectivity index (χ2n) is 11.4. The largest absolute Gasteiger partial charge is 0.490 e. The first kappa shape index (κ1) is 33.0. The Balaban J connectivity index is 0.000000559. The summed E-state index contributed by atoms with van der Waals surface area (Å²) in [5.41, 5.74) is 3.31. The Morgan fingerprint density at radius 2 is 1.66 bits per heavy atom. The predicted octanol–water partition coefficient (Wildman–Crippen LogP) is 5.24. The maximum Gasteiger partial charge on any atom is 0.490 e. The van der Waals surface area contributed by atoms with Gasteiger partial charge in [0.25, 0.3) is 0 Å². The van der Waals surface area contributed by atoms with E-state index in [0.29, 0.717) is 12.2 Å². The Bertz CT molecular complexity index is 1920. The van der Waals surface area contributed by atoms with Crippen molar-refractivity contribution in [3.8, 4) is 0 Å². The third kappa shape index (κ3) is 8.26. The normalized spacial score (nSPS) is 14.4. The van der Waals surface area contributed by atoms with E-state index >= 15 is 0 Å². The van der Waals surface area contributed by atoms with Crippen molar-refractivity contribution in [2.75, 3.05) is 23.3 Å². The predicted molar refractivity (Wildman–Crippen MR) is 171 cm³/mol. The summed E-state index contributed by atoms with van der Waals surface area (Å²) < 4.78 is 33.2. The van der Waals surface area contributed by atoms with Crippen LogP contribution < -0.4 is 15.9 Å². The number of H-pyrrole nitrogens is 1. The SMILES string of the molecule is Cc1cn(CC(Cc2ccc3ccccc3c2)C(=O)O)c(=O)nc1N1CCC(Nc2nc3ccccc3[nH]2)CC1.O=C(O)C(F)(F)F. The van der Waals surface area contributed by atoms with E-state index in [0.717, 1.165) is 64.8 Å². The number of imidazole rings is 1. The van der Waals surface area contributed by atoms with E-state index in [9.17, 15) is 27.9 Å². The number of carboxylic acids is 2. The molecular weight excluding hydrogens is 617 g/mol. The molecule has 0 spiro atoms. The molecule has 1 aliphatic heterocycles. The number of anilines is 2. The van der Waals surface area contributed by atoms with E-state index in [1.807, 2.05) is 73.7 Å². The smallest absolute Gasteiger partial charge is 0.481 e. The first-order valence-corrected chi connectivity index (χ1v) is 14.9. The molecule has 1 atom stereocenters. The summed E-state index contributed by atoms with van der Waals surface area (Å²) in [5.74, 6) is -2.99. The molecule has 5 aromatic rings. The standard InChI is InChI=1S/C31H32N6O3.C2HF3O2/c1-20-18-37(19-24(29(38)39)17-21-10-11-22-6-2-3-7-23(22)16-21)31(40)35-28(20)36-14-12-25(13-15-36)32-30-33-26-8-4-5-9-27(26)34-30;3-2(4,5)1(6)7/h2-11,16,18,24-25H,12-15,17,19H2,1H3,(H,38,39)(H2,32,33,34);(H,6,7). The summed E-state index contributed by atoms with van der Waals surface area (Å²) in [6.07, 6.45) is -1.24. The van der Waals surface area contributed by atoms with Crippen LogP contribution in [0.5, 0.6) is 0 Å². The van der Waals surface area contributed by atoms with Crippen molar-refractivity contribution in [1.29, 1.82) is 0 Å². The van der Waals surface area contributed by atoms with E-state index in [2.05, 4.69) is 25.2 Å². The Hall–Kier alpha value is -5.40. The lowest BCUT2D eigenvalue weighted by Gasteiger charge is -2.33. The molecule has 1 fully saturated rings. The summed E-state index contributed by atoms with van der Waals surface area (Å²) in [6, 6.07) is 22.2. The zero-order chi connectivity index (χ0) is 33.7. The third-order valence-corrected chi connectivity index (χ3v) is 7.98. The van der Waals surface area contributed by atoms with Crippen LogP contribution in [0.2, 0.25) is 0 Å². The molecule has 0 amide bonds. The summed E-state index contributed by atoms with van der Waals surface area (Å²) in [7, 11) is 0. The molecule has 0 bridgehead atoms. The number of carboxylic acid groups (broad SMARTS) is 2. The molecule has 0 saturated carbocycles. The average Bonchev–Trinajstić information content (AvgIpc) is 3.45. The second kappa shape index (κ2) is 13.9. The molecule has 14 heteroatoms. The van der Waals surface area contributed by atoms with Gasteiger partial charge in [-0.25, -0.2) is 14.6 Å². The molecule has 3 heterocycles. The van der Waals surface area contributed by atoms with Crippen molar-refractivity contribution in [2.45, 2.75) is 44.9 Å². The lowest BCUT2D eigenvalue weighted by atomic mass is 9.97. The molecule has 3 aromatic carbocycles.